The number of nitrogens with one attached hydrogen (secondary N) is 1. The van der Waals surface area contributed by atoms with Gasteiger partial charge in [-0.3, -0.25) is 0 Å². The first kappa shape index (κ1) is 17.4. The molecule has 130 valence electrons. The predicted molar refractivity (Wildman–Crippen MR) is 90.9 cm³/mol. The maximum atomic E-state index is 11.9. The van der Waals surface area contributed by atoms with Crippen LogP contribution in [0.25, 0.3) is 0 Å². The second kappa shape index (κ2) is 6.46. The van der Waals surface area contributed by atoms with Crippen LogP contribution in [0.15, 0.2) is 12.1 Å². The first-order valence-electron chi connectivity index (χ1n) is 7.97. The topological polar surface area (TPSA) is 66.0 Å². The lowest BCUT2D eigenvalue weighted by molar-refractivity contribution is 0.0485. The summed E-state index contributed by atoms with van der Waals surface area (Å²) in [6.07, 6.45) is -1.02. The van der Waals surface area contributed by atoms with E-state index in [0.29, 0.717) is 17.4 Å². The number of hydrogen-bond donors (Lipinski definition) is 1. The smallest absolute Gasteiger partial charge is 0.491 e. The maximum absolute atomic E-state index is 11.9. The highest BCUT2D eigenvalue weighted by Crippen LogP contribution is 2.35. The third-order valence-corrected chi connectivity index (χ3v) is 4.03. The molecule has 6 nitrogen and oxygen atoms in total. The average Bonchev–Trinajstić information content (AvgIpc) is 2.74. The van der Waals surface area contributed by atoms with Crippen molar-refractivity contribution in [2.24, 2.45) is 0 Å². The van der Waals surface area contributed by atoms with Gasteiger partial charge in [0.05, 0.1) is 12.2 Å². The van der Waals surface area contributed by atoms with E-state index in [1.807, 2.05) is 33.8 Å². The van der Waals surface area contributed by atoms with Crippen LogP contribution in [0.5, 0.6) is 5.75 Å². The van der Waals surface area contributed by atoms with Gasteiger partial charge in [-0.05, 0) is 39.8 Å². The van der Waals surface area contributed by atoms with Crippen LogP contribution in [-0.4, -0.2) is 38.1 Å². The number of ether oxygens (including phenoxy) is 2. The van der Waals surface area contributed by atoms with Crippen molar-refractivity contribution in [3.8, 4) is 5.75 Å². The Morgan fingerprint density at radius 2 is 2.17 bits per heavy atom. The van der Waals surface area contributed by atoms with E-state index < -0.39 is 24.9 Å². The molecule has 0 spiro atoms. The Morgan fingerprint density at radius 3 is 2.88 bits per heavy atom. The van der Waals surface area contributed by atoms with E-state index in [4.69, 9.17) is 30.4 Å². The molecule has 1 N–H and O–H groups in total. The van der Waals surface area contributed by atoms with Gasteiger partial charge >= 0.3 is 13.2 Å². The SMILES string of the molecule is CC1COc2ccc(Cl)c3c2B(O1)O[C@@H]3CNC(=O)OC(C)(C)C. The van der Waals surface area contributed by atoms with Crippen LogP contribution in [0, 0.1) is 0 Å². The molecule has 0 bridgehead atoms. The van der Waals surface area contributed by atoms with Crippen molar-refractivity contribution in [1.82, 2.24) is 5.32 Å². The molecule has 0 aromatic heterocycles. The number of carbonyl (C=O) groups is 1. The van der Waals surface area contributed by atoms with E-state index in [9.17, 15) is 4.79 Å². The summed E-state index contributed by atoms with van der Waals surface area (Å²) >= 11 is 6.36. The molecule has 8 heteroatoms. The zero-order valence-electron chi connectivity index (χ0n) is 14.2. The zero-order valence-corrected chi connectivity index (χ0v) is 15.0. The van der Waals surface area contributed by atoms with E-state index in [0.717, 1.165) is 11.0 Å². The summed E-state index contributed by atoms with van der Waals surface area (Å²) < 4.78 is 22.8. The molecule has 2 aliphatic rings. The largest absolute Gasteiger partial charge is 0.498 e. The number of rotatable bonds is 2. The number of hydrogen-bond acceptors (Lipinski definition) is 5. The lowest BCUT2D eigenvalue weighted by Crippen LogP contribution is -2.36. The minimum atomic E-state index is -0.556. The Morgan fingerprint density at radius 1 is 1.42 bits per heavy atom. The molecule has 1 unspecified atom stereocenters. The summed E-state index contributed by atoms with van der Waals surface area (Å²) in [5, 5.41) is 3.28. The lowest BCUT2D eigenvalue weighted by atomic mass is 9.77. The van der Waals surface area contributed by atoms with Crippen molar-refractivity contribution < 1.29 is 23.6 Å². The van der Waals surface area contributed by atoms with E-state index in [1.54, 1.807) is 6.07 Å². The molecule has 0 radical (unpaired) electrons. The molecular weight excluding hydrogens is 332 g/mol. The van der Waals surface area contributed by atoms with E-state index >= 15 is 0 Å². The summed E-state index contributed by atoms with van der Waals surface area (Å²) in [5.41, 5.74) is 1.05. The molecule has 2 aliphatic heterocycles. The highest BCUT2D eigenvalue weighted by atomic mass is 35.5. The fourth-order valence-corrected chi connectivity index (χ4v) is 3.06. The van der Waals surface area contributed by atoms with E-state index in [-0.39, 0.29) is 12.6 Å². The van der Waals surface area contributed by atoms with Gasteiger partial charge in [0.15, 0.2) is 0 Å². The Bertz CT molecular complexity index is 648. The summed E-state index contributed by atoms with van der Waals surface area (Å²) in [6.45, 7) is 8.04. The molecular formula is C16H21BClNO5. The monoisotopic (exact) mass is 353 g/mol. The van der Waals surface area contributed by atoms with Crippen LogP contribution in [0.4, 0.5) is 4.79 Å². The third-order valence-electron chi connectivity index (χ3n) is 3.70. The van der Waals surface area contributed by atoms with E-state index in [2.05, 4.69) is 5.32 Å². The van der Waals surface area contributed by atoms with Crippen LogP contribution in [0.3, 0.4) is 0 Å². The Balaban J connectivity index is 1.78. The van der Waals surface area contributed by atoms with Gasteiger partial charge in [-0.15, -0.1) is 0 Å². The Labute approximate surface area is 146 Å². The van der Waals surface area contributed by atoms with Gasteiger partial charge in [0.2, 0.25) is 0 Å². The van der Waals surface area contributed by atoms with Gasteiger partial charge in [-0.25, -0.2) is 4.79 Å². The van der Waals surface area contributed by atoms with E-state index in [1.165, 1.54) is 0 Å². The van der Waals surface area contributed by atoms with Crippen LogP contribution in [0.2, 0.25) is 5.02 Å². The molecule has 0 saturated carbocycles. The number of carbonyl (C=O) groups excluding carboxylic acids is 1. The third kappa shape index (κ3) is 3.63. The zero-order chi connectivity index (χ0) is 17.5. The first-order chi connectivity index (χ1) is 11.2. The molecule has 0 aliphatic carbocycles. The van der Waals surface area contributed by atoms with Crippen LogP contribution < -0.4 is 15.5 Å². The standard InChI is InChI=1S/C16H21BClNO5/c1-9-8-21-11-6-5-10(18)13-12(24-17(23-9)14(11)13)7-19-15(20)22-16(2,3)4/h5-6,9,12H,7-8H2,1-4H3,(H,19,20)/t9?,12-/m1/s1. The summed E-state index contributed by atoms with van der Waals surface area (Å²) in [6, 6.07) is 3.60. The van der Waals surface area contributed by atoms with Crippen LogP contribution in [0.1, 0.15) is 39.4 Å². The summed E-state index contributed by atoms with van der Waals surface area (Å²) in [7, 11) is -0.545. The van der Waals surface area contributed by atoms with Crippen molar-refractivity contribution in [2.75, 3.05) is 13.2 Å². The Kier molecular flexibility index (Phi) is 4.68. The Hall–Kier alpha value is -1.44. The molecule has 1 aromatic rings. The lowest BCUT2D eigenvalue weighted by Gasteiger charge is -2.21. The van der Waals surface area contributed by atoms with Crippen molar-refractivity contribution >= 4 is 30.3 Å². The van der Waals surface area contributed by atoms with Gasteiger partial charge < -0.3 is 24.1 Å². The fourth-order valence-electron chi connectivity index (χ4n) is 2.77. The van der Waals surface area contributed by atoms with Gasteiger partial charge in [0.1, 0.15) is 18.0 Å². The first-order valence-corrected chi connectivity index (χ1v) is 8.35. The molecule has 2 heterocycles. The normalized spacial score (nSPS) is 22.5. The minimum Gasteiger partial charge on any atom is -0.491 e. The van der Waals surface area contributed by atoms with Crippen molar-refractivity contribution in [3.63, 3.8) is 0 Å². The molecule has 0 fully saturated rings. The summed E-state index contributed by atoms with van der Waals surface area (Å²) in [5.74, 6) is 0.712. The van der Waals surface area contributed by atoms with Crippen molar-refractivity contribution in [1.29, 1.82) is 0 Å². The fraction of sp³-hybridized carbons (Fsp3) is 0.562. The maximum Gasteiger partial charge on any atom is 0.498 e. The molecule has 24 heavy (non-hydrogen) atoms. The van der Waals surface area contributed by atoms with Gasteiger partial charge in [-0.2, -0.15) is 0 Å². The number of benzene rings is 1. The number of alkyl carbamates (subject to hydrolysis) is 1. The van der Waals surface area contributed by atoms with Gasteiger partial charge in [0.25, 0.3) is 0 Å². The highest BCUT2D eigenvalue weighted by molar-refractivity contribution is 6.64. The predicted octanol–water partition coefficient (Wildman–Crippen LogP) is 2.43. The van der Waals surface area contributed by atoms with Crippen LogP contribution >= 0.6 is 11.6 Å². The summed E-state index contributed by atoms with van der Waals surface area (Å²) in [4.78, 5) is 11.9. The molecule has 1 amide bonds. The number of halogens is 1. The second-order valence-corrected chi connectivity index (χ2v) is 7.38. The van der Waals surface area contributed by atoms with Crippen molar-refractivity contribution in [3.05, 3.63) is 22.7 Å². The highest BCUT2D eigenvalue weighted by Gasteiger charge is 2.44. The van der Waals surface area contributed by atoms with Crippen LogP contribution in [-0.2, 0) is 14.0 Å². The number of amides is 1. The van der Waals surface area contributed by atoms with Crippen molar-refractivity contribution in [2.45, 2.75) is 45.5 Å². The molecule has 0 saturated heterocycles. The second-order valence-electron chi connectivity index (χ2n) is 6.97. The van der Waals surface area contributed by atoms with Gasteiger partial charge in [-0.1, -0.05) is 11.6 Å². The molecule has 1 aromatic carbocycles. The molecule has 3 rings (SSSR count). The minimum absolute atomic E-state index is 0.105. The molecule has 2 atom stereocenters. The average molecular weight is 354 g/mol. The van der Waals surface area contributed by atoms with Gasteiger partial charge in [0, 0.05) is 22.6 Å². The quantitative estimate of drug-likeness (QED) is 0.827.